The van der Waals surface area contributed by atoms with E-state index in [1.807, 2.05) is 0 Å². The summed E-state index contributed by atoms with van der Waals surface area (Å²) in [6.45, 7) is 3.03. The third-order valence-electron chi connectivity index (χ3n) is 3.69. The molecule has 2 heteroatoms. The van der Waals surface area contributed by atoms with E-state index in [9.17, 15) is 0 Å². The van der Waals surface area contributed by atoms with Gasteiger partial charge in [-0.3, -0.25) is 0 Å². The molecule has 2 fully saturated rings. The molecule has 1 saturated heterocycles. The molecule has 2 nitrogen and oxygen atoms in total. The van der Waals surface area contributed by atoms with Crippen LogP contribution in [0.15, 0.2) is 0 Å². The maximum absolute atomic E-state index is 6.05. The van der Waals surface area contributed by atoms with Crippen molar-refractivity contribution in [2.24, 2.45) is 11.7 Å². The summed E-state index contributed by atoms with van der Waals surface area (Å²) in [6.07, 6.45) is 6.74. The third-order valence-corrected chi connectivity index (χ3v) is 3.69. The van der Waals surface area contributed by atoms with Crippen molar-refractivity contribution < 1.29 is 4.74 Å². The van der Waals surface area contributed by atoms with Crippen LogP contribution in [0.4, 0.5) is 0 Å². The van der Waals surface area contributed by atoms with Gasteiger partial charge in [0.2, 0.25) is 0 Å². The Morgan fingerprint density at radius 2 is 2.25 bits per heavy atom. The molecule has 0 aromatic heterocycles. The fraction of sp³-hybridized carbons (Fsp3) is 1.00. The summed E-state index contributed by atoms with van der Waals surface area (Å²) in [7, 11) is 0. The number of hydrogen-bond acceptors (Lipinski definition) is 2. The van der Waals surface area contributed by atoms with Crippen molar-refractivity contribution in [2.75, 3.05) is 6.54 Å². The molecule has 2 aliphatic rings. The van der Waals surface area contributed by atoms with Gasteiger partial charge in [0.1, 0.15) is 0 Å². The quantitative estimate of drug-likeness (QED) is 0.648. The summed E-state index contributed by atoms with van der Waals surface area (Å²) in [5.74, 6) is 0.758. The Balaban J connectivity index is 2.04. The zero-order valence-corrected chi connectivity index (χ0v) is 7.88. The van der Waals surface area contributed by atoms with Crippen molar-refractivity contribution in [1.82, 2.24) is 0 Å². The van der Waals surface area contributed by atoms with Crippen LogP contribution in [-0.2, 0) is 4.74 Å². The van der Waals surface area contributed by atoms with Crippen LogP contribution in [-0.4, -0.2) is 18.2 Å². The fourth-order valence-electron chi connectivity index (χ4n) is 2.78. The Morgan fingerprint density at radius 3 is 2.75 bits per heavy atom. The summed E-state index contributed by atoms with van der Waals surface area (Å²) >= 11 is 0. The Kier molecular flexibility index (Phi) is 2.13. The molecule has 0 amide bonds. The SMILES string of the molecule is C[C@@H]1CCC[C@]12CC[C@H](CN)O2. The average Bonchev–Trinajstić information content (AvgIpc) is 2.63. The minimum atomic E-state index is 0.240. The van der Waals surface area contributed by atoms with Crippen LogP contribution >= 0.6 is 0 Å². The molecule has 12 heavy (non-hydrogen) atoms. The summed E-state index contributed by atoms with van der Waals surface area (Å²) in [6, 6.07) is 0. The normalized spacial score (nSPS) is 47.5. The molecule has 1 spiro atoms. The zero-order valence-electron chi connectivity index (χ0n) is 7.88. The molecule has 2 N–H and O–H groups in total. The molecule has 3 atom stereocenters. The molecule has 1 saturated carbocycles. The predicted molar refractivity (Wildman–Crippen MR) is 48.9 cm³/mol. The molecular formula is C10H19NO. The minimum absolute atomic E-state index is 0.240. The first-order valence-electron chi connectivity index (χ1n) is 5.15. The lowest BCUT2D eigenvalue weighted by molar-refractivity contribution is -0.0580. The molecular weight excluding hydrogens is 150 g/mol. The van der Waals surface area contributed by atoms with E-state index in [4.69, 9.17) is 10.5 Å². The lowest BCUT2D eigenvalue weighted by Gasteiger charge is -2.29. The summed E-state index contributed by atoms with van der Waals surface area (Å²) in [4.78, 5) is 0. The highest BCUT2D eigenvalue weighted by Gasteiger charge is 2.46. The smallest absolute Gasteiger partial charge is 0.0713 e. The van der Waals surface area contributed by atoms with Crippen LogP contribution < -0.4 is 5.73 Å². The second kappa shape index (κ2) is 3.00. The van der Waals surface area contributed by atoms with Gasteiger partial charge in [-0.1, -0.05) is 13.3 Å². The van der Waals surface area contributed by atoms with E-state index >= 15 is 0 Å². The van der Waals surface area contributed by atoms with E-state index in [0.29, 0.717) is 12.6 Å². The van der Waals surface area contributed by atoms with Crippen LogP contribution in [0, 0.1) is 5.92 Å². The second-order valence-corrected chi connectivity index (χ2v) is 4.37. The zero-order chi connectivity index (χ0) is 8.60. The molecule has 1 aliphatic heterocycles. The molecule has 70 valence electrons. The van der Waals surface area contributed by atoms with Crippen LogP contribution in [0.1, 0.15) is 39.0 Å². The summed E-state index contributed by atoms with van der Waals surface area (Å²) in [5, 5.41) is 0. The maximum Gasteiger partial charge on any atom is 0.0713 e. The number of rotatable bonds is 1. The van der Waals surface area contributed by atoms with E-state index in [-0.39, 0.29) is 5.60 Å². The van der Waals surface area contributed by atoms with Crippen molar-refractivity contribution in [3.8, 4) is 0 Å². The third kappa shape index (κ3) is 1.17. The van der Waals surface area contributed by atoms with Gasteiger partial charge in [0.25, 0.3) is 0 Å². The molecule has 0 aromatic rings. The van der Waals surface area contributed by atoms with Crippen molar-refractivity contribution >= 4 is 0 Å². The molecule has 2 rings (SSSR count). The van der Waals surface area contributed by atoms with Gasteiger partial charge in [0.15, 0.2) is 0 Å². The minimum Gasteiger partial charge on any atom is -0.370 e. The number of nitrogens with two attached hydrogens (primary N) is 1. The highest BCUT2D eigenvalue weighted by Crippen LogP contribution is 2.46. The Hall–Kier alpha value is -0.0800. The van der Waals surface area contributed by atoms with Gasteiger partial charge in [0.05, 0.1) is 11.7 Å². The lowest BCUT2D eigenvalue weighted by atomic mass is 9.89. The fourth-order valence-corrected chi connectivity index (χ4v) is 2.78. The number of hydrogen-bond donors (Lipinski definition) is 1. The van der Waals surface area contributed by atoms with Crippen LogP contribution in [0.3, 0.4) is 0 Å². The van der Waals surface area contributed by atoms with Crippen molar-refractivity contribution in [2.45, 2.75) is 50.7 Å². The highest BCUT2D eigenvalue weighted by atomic mass is 16.5. The lowest BCUT2D eigenvalue weighted by Crippen LogP contribution is -2.33. The van der Waals surface area contributed by atoms with Gasteiger partial charge >= 0.3 is 0 Å². The summed E-state index contributed by atoms with van der Waals surface area (Å²) in [5.41, 5.74) is 5.85. The van der Waals surface area contributed by atoms with Gasteiger partial charge in [0, 0.05) is 6.54 Å². The average molecular weight is 169 g/mol. The topological polar surface area (TPSA) is 35.2 Å². The van der Waals surface area contributed by atoms with Crippen LogP contribution in [0.2, 0.25) is 0 Å². The van der Waals surface area contributed by atoms with E-state index in [1.165, 1.54) is 32.1 Å². The predicted octanol–water partition coefficient (Wildman–Crippen LogP) is 1.68. The first-order valence-corrected chi connectivity index (χ1v) is 5.15. The van der Waals surface area contributed by atoms with E-state index in [1.54, 1.807) is 0 Å². The molecule has 0 radical (unpaired) electrons. The van der Waals surface area contributed by atoms with Gasteiger partial charge in [-0.25, -0.2) is 0 Å². The molecule has 1 heterocycles. The van der Waals surface area contributed by atoms with Crippen molar-refractivity contribution in [3.63, 3.8) is 0 Å². The van der Waals surface area contributed by atoms with E-state index in [0.717, 1.165) is 5.92 Å². The first-order chi connectivity index (χ1) is 5.77. The van der Waals surface area contributed by atoms with Crippen molar-refractivity contribution in [1.29, 1.82) is 0 Å². The molecule has 1 aliphatic carbocycles. The largest absolute Gasteiger partial charge is 0.370 e. The second-order valence-electron chi connectivity index (χ2n) is 4.37. The van der Waals surface area contributed by atoms with Crippen LogP contribution in [0.5, 0.6) is 0 Å². The highest BCUT2D eigenvalue weighted by molar-refractivity contribution is 4.97. The maximum atomic E-state index is 6.05. The van der Waals surface area contributed by atoms with E-state index < -0.39 is 0 Å². The summed E-state index contributed by atoms with van der Waals surface area (Å²) < 4.78 is 6.05. The Labute approximate surface area is 74.5 Å². The van der Waals surface area contributed by atoms with E-state index in [2.05, 4.69) is 6.92 Å². The van der Waals surface area contributed by atoms with Gasteiger partial charge < -0.3 is 10.5 Å². The molecule has 0 aromatic carbocycles. The van der Waals surface area contributed by atoms with Gasteiger partial charge in [-0.05, 0) is 31.6 Å². The van der Waals surface area contributed by atoms with Gasteiger partial charge in [-0.15, -0.1) is 0 Å². The molecule has 0 bridgehead atoms. The Morgan fingerprint density at radius 1 is 1.42 bits per heavy atom. The van der Waals surface area contributed by atoms with Gasteiger partial charge in [-0.2, -0.15) is 0 Å². The Bertz CT molecular complexity index is 171. The van der Waals surface area contributed by atoms with Crippen molar-refractivity contribution in [3.05, 3.63) is 0 Å². The molecule has 0 unspecified atom stereocenters. The standard InChI is InChI=1S/C10H19NO/c1-8-3-2-5-10(8)6-4-9(7-11)12-10/h8-9H,2-7,11H2,1H3/t8-,9-,10+/m1/s1. The first kappa shape index (κ1) is 8.52. The number of ether oxygens (including phenoxy) is 1. The van der Waals surface area contributed by atoms with Crippen LogP contribution in [0.25, 0.3) is 0 Å². The monoisotopic (exact) mass is 169 g/mol.